The molecule has 6 aromatic rings. The highest BCUT2D eigenvalue weighted by Crippen LogP contribution is 2.37. The minimum atomic E-state index is -1.69. The maximum atomic E-state index is 12.7. The molecule has 0 saturated heterocycles. The molecule has 48 heavy (non-hydrogen) atoms. The van der Waals surface area contributed by atoms with E-state index in [1.807, 2.05) is 60.7 Å². The Hall–Kier alpha value is -5.67. The van der Waals surface area contributed by atoms with Crippen molar-refractivity contribution in [3.05, 3.63) is 166 Å². The van der Waals surface area contributed by atoms with Crippen molar-refractivity contribution in [2.45, 2.75) is 24.3 Å². The van der Waals surface area contributed by atoms with Crippen LogP contribution in [-0.2, 0) is 21.8 Å². The van der Waals surface area contributed by atoms with Crippen LogP contribution >= 0.6 is 11.8 Å². The quantitative estimate of drug-likeness (QED) is 0.0949. The summed E-state index contributed by atoms with van der Waals surface area (Å²) in [7, 11) is 0. The zero-order chi connectivity index (χ0) is 33.5. The molecule has 2 atom stereocenters. The molecule has 1 aromatic heterocycles. The monoisotopic (exact) mass is 656 g/mol. The van der Waals surface area contributed by atoms with E-state index in [-0.39, 0.29) is 11.3 Å². The van der Waals surface area contributed by atoms with Gasteiger partial charge in [-0.15, -0.1) is 0 Å². The van der Waals surface area contributed by atoms with Crippen molar-refractivity contribution in [3.8, 4) is 22.3 Å². The molecule has 2 N–H and O–H groups in total. The van der Waals surface area contributed by atoms with Gasteiger partial charge >= 0.3 is 12.0 Å². The van der Waals surface area contributed by atoms with Crippen molar-refractivity contribution < 1.29 is 24.0 Å². The molecule has 0 radical (unpaired) electrons. The van der Waals surface area contributed by atoms with Crippen molar-refractivity contribution >= 4 is 34.6 Å². The van der Waals surface area contributed by atoms with Crippen LogP contribution in [0.15, 0.2) is 138 Å². The van der Waals surface area contributed by atoms with Gasteiger partial charge < -0.3 is 14.8 Å². The van der Waals surface area contributed by atoms with Crippen molar-refractivity contribution in [2.24, 2.45) is 0 Å². The van der Waals surface area contributed by atoms with Crippen LogP contribution in [0.3, 0.4) is 0 Å². The lowest BCUT2D eigenvalue weighted by Gasteiger charge is -2.16. The SMILES string of the molecule is O=C(N[C@@H](CSCc1ccc(-c2ccc(-c3c(Cc4ccccc4)oc4ccccc34)cc2)cc1)C(=O)O)C(c1ccccc1)[N+](=O)[O-]. The molecule has 0 aliphatic heterocycles. The first-order chi connectivity index (χ1) is 23.4. The summed E-state index contributed by atoms with van der Waals surface area (Å²) in [5.41, 5.74) is 7.49. The van der Waals surface area contributed by atoms with Crippen LogP contribution in [0.2, 0.25) is 0 Å². The normalized spacial score (nSPS) is 12.3. The number of carbonyl (C=O) groups is 2. The number of thioether (sulfide) groups is 1. The number of nitrogens with one attached hydrogen (secondary N) is 1. The molecule has 9 heteroatoms. The number of aliphatic carboxylic acids is 1. The first kappa shape index (κ1) is 32.3. The van der Waals surface area contributed by atoms with Crippen molar-refractivity contribution in [2.75, 3.05) is 5.75 Å². The Morgan fingerprint density at radius 2 is 1.33 bits per heavy atom. The number of amides is 1. The first-order valence-electron chi connectivity index (χ1n) is 15.4. The highest BCUT2D eigenvalue weighted by Gasteiger charge is 2.34. The van der Waals surface area contributed by atoms with Crippen molar-refractivity contribution in [3.63, 3.8) is 0 Å². The molecule has 0 spiro atoms. The van der Waals surface area contributed by atoms with Gasteiger partial charge in [-0.3, -0.25) is 14.9 Å². The van der Waals surface area contributed by atoms with Crippen LogP contribution in [-0.4, -0.2) is 33.7 Å². The summed E-state index contributed by atoms with van der Waals surface area (Å²) >= 11 is 1.33. The van der Waals surface area contributed by atoms with Crippen LogP contribution in [0.4, 0.5) is 0 Å². The minimum Gasteiger partial charge on any atom is -0.480 e. The highest BCUT2D eigenvalue weighted by atomic mass is 32.2. The topological polar surface area (TPSA) is 123 Å². The molecule has 8 nitrogen and oxygen atoms in total. The summed E-state index contributed by atoms with van der Waals surface area (Å²) in [4.78, 5) is 35.5. The fourth-order valence-corrected chi connectivity index (χ4v) is 6.67. The summed E-state index contributed by atoms with van der Waals surface area (Å²) in [6.45, 7) is 0. The Morgan fingerprint density at radius 3 is 1.98 bits per heavy atom. The van der Waals surface area contributed by atoms with Gasteiger partial charge in [0.25, 0.3) is 5.91 Å². The van der Waals surface area contributed by atoms with Gasteiger partial charge in [0.1, 0.15) is 17.4 Å². The number of nitro groups is 1. The average Bonchev–Trinajstić information content (AvgIpc) is 3.46. The summed E-state index contributed by atoms with van der Waals surface area (Å²) in [5.74, 6) is -0.717. The minimum absolute atomic E-state index is 0.0540. The van der Waals surface area contributed by atoms with Crippen molar-refractivity contribution in [1.82, 2.24) is 5.32 Å². The zero-order valence-corrected chi connectivity index (χ0v) is 26.6. The van der Waals surface area contributed by atoms with E-state index < -0.39 is 28.9 Å². The average molecular weight is 657 g/mol. The predicted molar refractivity (Wildman–Crippen MR) is 188 cm³/mol. The smallest absolute Gasteiger partial charge is 0.327 e. The lowest BCUT2D eigenvalue weighted by atomic mass is 9.96. The fraction of sp³-hybridized carbons (Fsp3) is 0.128. The number of rotatable bonds is 13. The second-order valence-corrected chi connectivity index (χ2v) is 12.4. The molecule has 1 heterocycles. The number of nitrogens with zero attached hydrogens (tertiary/aromatic N) is 1. The third-order valence-corrected chi connectivity index (χ3v) is 9.19. The highest BCUT2D eigenvalue weighted by molar-refractivity contribution is 7.98. The molecule has 0 aliphatic rings. The Kier molecular flexibility index (Phi) is 9.97. The van der Waals surface area contributed by atoms with Gasteiger partial charge in [0.15, 0.2) is 0 Å². The lowest BCUT2D eigenvalue weighted by Crippen LogP contribution is -2.46. The van der Waals surface area contributed by atoms with Gasteiger partial charge in [-0.05, 0) is 33.9 Å². The van der Waals surface area contributed by atoms with E-state index in [2.05, 4.69) is 47.8 Å². The molecule has 0 saturated carbocycles. The van der Waals surface area contributed by atoms with Gasteiger partial charge in [-0.2, -0.15) is 11.8 Å². The summed E-state index contributed by atoms with van der Waals surface area (Å²) in [6, 6.07) is 39.7. The lowest BCUT2D eigenvalue weighted by molar-refractivity contribution is -0.513. The molecular weight excluding hydrogens is 625 g/mol. The van der Waals surface area contributed by atoms with Crippen LogP contribution in [0.1, 0.15) is 28.5 Å². The Bertz CT molecular complexity index is 2030. The standard InChI is InChI=1S/C39H32N2O6S/c42-38(37(41(45)46)31-11-5-2-6-12-31)40-33(39(43)44)25-48-24-27-15-17-28(18-16-27)29-19-21-30(22-20-29)36-32-13-7-8-14-34(32)47-35(36)23-26-9-3-1-4-10-26/h1-22,33,37H,23-25H2,(H,40,42)(H,43,44)/t33-,37?/m0/s1. The predicted octanol–water partition coefficient (Wildman–Crippen LogP) is 8.18. The molecule has 240 valence electrons. The number of para-hydroxylation sites is 1. The Labute approximate surface area is 281 Å². The second kappa shape index (κ2) is 14.8. The maximum Gasteiger partial charge on any atom is 0.327 e. The molecule has 0 aliphatic carbocycles. The van der Waals surface area contributed by atoms with E-state index >= 15 is 0 Å². The van der Waals surface area contributed by atoms with Crippen LogP contribution in [0.5, 0.6) is 0 Å². The van der Waals surface area contributed by atoms with Crippen LogP contribution < -0.4 is 5.32 Å². The largest absolute Gasteiger partial charge is 0.480 e. The molecule has 1 amide bonds. The fourth-order valence-electron chi connectivity index (χ4n) is 5.67. The molecule has 5 aromatic carbocycles. The number of furan rings is 1. The Balaban J connectivity index is 1.10. The number of hydrogen-bond donors (Lipinski definition) is 2. The molecule has 1 unspecified atom stereocenters. The van der Waals surface area contributed by atoms with E-state index in [4.69, 9.17) is 4.42 Å². The molecular formula is C39H32N2O6S. The van der Waals surface area contributed by atoms with Crippen LogP contribution in [0, 0.1) is 10.1 Å². The number of carboxylic acids is 1. The number of fused-ring (bicyclic) bond motifs is 1. The van der Waals surface area contributed by atoms with Gasteiger partial charge in [-0.25, -0.2) is 4.79 Å². The van der Waals surface area contributed by atoms with E-state index in [1.165, 1.54) is 29.5 Å². The third-order valence-electron chi connectivity index (χ3n) is 8.08. The van der Waals surface area contributed by atoms with Crippen molar-refractivity contribution in [1.29, 1.82) is 0 Å². The molecule has 0 fully saturated rings. The maximum absolute atomic E-state index is 12.7. The van der Waals surface area contributed by atoms with E-state index in [9.17, 15) is 24.8 Å². The molecule has 6 rings (SSSR count). The summed E-state index contributed by atoms with van der Waals surface area (Å²) in [6.07, 6.45) is 0.693. The number of carboxylic acid groups (broad SMARTS) is 1. The van der Waals surface area contributed by atoms with E-state index in [0.717, 1.165) is 44.5 Å². The van der Waals surface area contributed by atoms with E-state index in [1.54, 1.807) is 18.2 Å². The molecule has 0 bridgehead atoms. The first-order valence-corrected chi connectivity index (χ1v) is 16.6. The summed E-state index contributed by atoms with van der Waals surface area (Å²) in [5, 5.41) is 24.7. The Morgan fingerprint density at radius 1 is 0.750 bits per heavy atom. The number of carbonyl (C=O) groups excluding carboxylic acids is 1. The van der Waals surface area contributed by atoms with Crippen LogP contribution in [0.25, 0.3) is 33.2 Å². The van der Waals surface area contributed by atoms with Gasteiger partial charge in [0.05, 0.1) is 0 Å². The summed E-state index contributed by atoms with van der Waals surface area (Å²) < 4.78 is 6.32. The van der Waals surface area contributed by atoms with Gasteiger partial charge in [0, 0.05) is 39.4 Å². The van der Waals surface area contributed by atoms with E-state index in [0.29, 0.717) is 12.2 Å². The second-order valence-electron chi connectivity index (χ2n) is 11.3. The number of hydrogen-bond acceptors (Lipinski definition) is 6. The third kappa shape index (κ3) is 7.48. The number of benzene rings is 5. The zero-order valence-electron chi connectivity index (χ0n) is 25.8. The van der Waals surface area contributed by atoms with Gasteiger partial charge in [-0.1, -0.05) is 127 Å². The van der Waals surface area contributed by atoms with Gasteiger partial charge in [0.2, 0.25) is 0 Å².